The molecule has 6 nitrogen and oxygen atoms in total. The number of benzene rings is 2. The molecule has 0 aromatic heterocycles. The number of nitrogen functional groups attached to an aromatic ring is 1. The maximum Gasteiger partial charge on any atom is 0.256 e. The number of aryl methyl sites for hydroxylation is 1. The molecule has 0 atom stereocenters. The van der Waals surface area contributed by atoms with Gasteiger partial charge in [0.25, 0.3) is 5.91 Å². The van der Waals surface area contributed by atoms with Gasteiger partial charge < -0.3 is 20.3 Å². The Hall–Kier alpha value is -2.73. The average Bonchev–Trinajstić information content (AvgIpc) is 2.98. The summed E-state index contributed by atoms with van der Waals surface area (Å²) in [5, 5.41) is 0. The molecule has 2 aromatic rings. The molecule has 2 N–H and O–H groups in total. The van der Waals surface area contributed by atoms with Gasteiger partial charge in [0.05, 0.1) is 12.7 Å². The van der Waals surface area contributed by atoms with Crippen LogP contribution in [0.3, 0.4) is 0 Å². The summed E-state index contributed by atoms with van der Waals surface area (Å²) in [4.78, 5) is 29.0. The first-order chi connectivity index (χ1) is 13.6. The Kier molecular flexibility index (Phi) is 8.34. The van der Waals surface area contributed by atoms with E-state index in [-0.39, 0.29) is 24.2 Å². The molecule has 0 bridgehead atoms. The molecule has 29 heavy (non-hydrogen) atoms. The summed E-state index contributed by atoms with van der Waals surface area (Å²) in [5.74, 6) is 0.876. The van der Waals surface area contributed by atoms with Crippen molar-refractivity contribution >= 4 is 29.9 Å². The first kappa shape index (κ1) is 22.6. The minimum Gasteiger partial charge on any atom is -0.497 e. The normalized spacial score (nSPS) is 14.0. The SMILES string of the molecule is COc1ccc(CCC(=O)N2CCCN(C(=O)c3ccccc3N)CC2)cc1.Cl. The summed E-state index contributed by atoms with van der Waals surface area (Å²) in [7, 11) is 1.64. The predicted molar refractivity (Wildman–Crippen MR) is 117 cm³/mol. The van der Waals surface area contributed by atoms with Crippen molar-refractivity contribution in [1.29, 1.82) is 0 Å². The zero-order valence-corrected chi connectivity index (χ0v) is 17.5. The molecule has 156 valence electrons. The van der Waals surface area contributed by atoms with Crippen molar-refractivity contribution in [1.82, 2.24) is 9.80 Å². The highest BCUT2D eigenvalue weighted by molar-refractivity contribution is 5.99. The largest absolute Gasteiger partial charge is 0.497 e. The van der Waals surface area contributed by atoms with Crippen LogP contribution in [0.4, 0.5) is 5.69 Å². The van der Waals surface area contributed by atoms with Crippen LogP contribution in [0, 0.1) is 0 Å². The van der Waals surface area contributed by atoms with E-state index in [1.807, 2.05) is 41.3 Å². The van der Waals surface area contributed by atoms with Crippen molar-refractivity contribution in [2.24, 2.45) is 0 Å². The van der Waals surface area contributed by atoms with Gasteiger partial charge in [-0.1, -0.05) is 24.3 Å². The summed E-state index contributed by atoms with van der Waals surface area (Å²) in [6.45, 7) is 2.40. The van der Waals surface area contributed by atoms with Gasteiger partial charge in [-0.2, -0.15) is 0 Å². The Morgan fingerprint density at radius 2 is 1.62 bits per heavy atom. The lowest BCUT2D eigenvalue weighted by Crippen LogP contribution is -2.37. The van der Waals surface area contributed by atoms with Crippen LogP contribution in [0.2, 0.25) is 0 Å². The lowest BCUT2D eigenvalue weighted by atomic mass is 10.1. The molecule has 1 aliphatic heterocycles. The molecule has 0 unspecified atom stereocenters. The molecule has 3 rings (SSSR count). The third-order valence-corrected chi connectivity index (χ3v) is 5.11. The molecule has 2 aromatic carbocycles. The van der Waals surface area contributed by atoms with E-state index in [1.165, 1.54) is 0 Å². The standard InChI is InChI=1S/C22H27N3O3.ClH/c1-28-18-10-7-17(8-11-18)9-12-21(26)24-13-4-14-25(16-15-24)22(27)19-5-2-3-6-20(19)23;/h2-3,5-8,10-11H,4,9,12-16,23H2,1H3;1H. The monoisotopic (exact) mass is 417 g/mol. The topological polar surface area (TPSA) is 75.9 Å². The van der Waals surface area contributed by atoms with E-state index in [0.717, 1.165) is 17.7 Å². The number of amides is 2. The number of ether oxygens (including phenoxy) is 1. The van der Waals surface area contributed by atoms with Gasteiger partial charge in [0, 0.05) is 38.3 Å². The van der Waals surface area contributed by atoms with Gasteiger partial charge in [-0.25, -0.2) is 0 Å². The maximum atomic E-state index is 12.7. The molecule has 0 saturated carbocycles. The van der Waals surface area contributed by atoms with E-state index in [2.05, 4.69) is 0 Å². The fraction of sp³-hybridized carbons (Fsp3) is 0.364. The van der Waals surface area contributed by atoms with Crippen LogP contribution in [-0.2, 0) is 11.2 Å². The second kappa shape index (κ2) is 10.7. The third-order valence-electron chi connectivity index (χ3n) is 5.11. The number of halogens is 1. The van der Waals surface area contributed by atoms with Crippen molar-refractivity contribution in [3.05, 3.63) is 59.7 Å². The van der Waals surface area contributed by atoms with Crippen molar-refractivity contribution in [2.45, 2.75) is 19.3 Å². The number of methoxy groups -OCH3 is 1. The highest BCUT2D eigenvalue weighted by atomic mass is 35.5. The molecular formula is C22H28ClN3O3. The van der Waals surface area contributed by atoms with E-state index in [1.54, 1.807) is 24.1 Å². The van der Waals surface area contributed by atoms with Crippen LogP contribution in [0.15, 0.2) is 48.5 Å². The number of hydrogen-bond donors (Lipinski definition) is 1. The summed E-state index contributed by atoms with van der Waals surface area (Å²) < 4.78 is 5.16. The minimum absolute atomic E-state index is 0. The van der Waals surface area contributed by atoms with Crippen LogP contribution < -0.4 is 10.5 Å². The first-order valence-corrected chi connectivity index (χ1v) is 9.63. The number of rotatable bonds is 5. The molecule has 0 aliphatic carbocycles. The number of anilines is 1. The number of carbonyl (C=O) groups excluding carboxylic acids is 2. The summed E-state index contributed by atoms with van der Waals surface area (Å²) >= 11 is 0. The zero-order valence-electron chi connectivity index (χ0n) is 16.7. The molecule has 1 fully saturated rings. The Bertz CT molecular complexity index is 826. The fourth-order valence-electron chi connectivity index (χ4n) is 3.43. The van der Waals surface area contributed by atoms with Gasteiger partial charge in [-0.15, -0.1) is 12.4 Å². The smallest absolute Gasteiger partial charge is 0.256 e. The lowest BCUT2D eigenvalue weighted by Gasteiger charge is -2.23. The van der Waals surface area contributed by atoms with Crippen molar-refractivity contribution in [3.8, 4) is 5.75 Å². The van der Waals surface area contributed by atoms with Crippen LogP contribution in [-0.4, -0.2) is 54.9 Å². The van der Waals surface area contributed by atoms with Gasteiger partial charge in [0.15, 0.2) is 0 Å². The van der Waals surface area contributed by atoms with Gasteiger partial charge in [0.2, 0.25) is 5.91 Å². The van der Waals surface area contributed by atoms with Gasteiger partial charge >= 0.3 is 0 Å². The van der Waals surface area contributed by atoms with Gasteiger partial charge in [-0.3, -0.25) is 9.59 Å². The highest BCUT2D eigenvalue weighted by Crippen LogP contribution is 2.16. The molecule has 1 saturated heterocycles. The van der Waals surface area contributed by atoms with Crippen LogP contribution >= 0.6 is 12.4 Å². The van der Waals surface area contributed by atoms with Gasteiger partial charge in [0.1, 0.15) is 5.75 Å². The van der Waals surface area contributed by atoms with Crippen molar-refractivity contribution in [3.63, 3.8) is 0 Å². The Morgan fingerprint density at radius 1 is 0.966 bits per heavy atom. The highest BCUT2D eigenvalue weighted by Gasteiger charge is 2.23. The van der Waals surface area contributed by atoms with Crippen LogP contribution in [0.5, 0.6) is 5.75 Å². The molecule has 1 heterocycles. The number of carbonyl (C=O) groups is 2. The van der Waals surface area contributed by atoms with Crippen LogP contribution in [0.25, 0.3) is 0 Å². The second-order valence-electron chi connectivity index (χ2n) is 6.96. The first-order valence-electron chi connectivity index (χ1n) is 9.63. The minimum atomic E-state index is -0.0642. The van der Waals surface area contributed by atoms with E-state index in [4.69, 9.17) is 10.5 Å². The average molecular weight is 418 g/mol. The van der Waals surface area contributed by atoms with E-state index >= 15 is 0 Å². The van der Waals surface area contributed by atoms with Crippen molar-refractivity contribution < 1.29 is 14.3 Å². The molecule has 0 spiro atoms. The van der Waals surface area contributed by atoms with E-state index < -0.39 is 0 Å². The zero-order chi connectivity index (χ0) is 19.9. The van der Waals surface area contributed by atoms with Crippen molar-refractivity contribution in [2.75, 3.05) is 39.0 Å². The number of nitrogens with two attached hydrogens (primary N) is 1. The number of para-hydroxylation sites is 1. The Balaban J connectivity index is 0.00000300. The van der Waals surface area contributed by atoms with E-state index in [9.17, 15) is 9.59 Å². The predicted octanol–water partition coefficient (Wildman–Crippen LogP) is 3.01. The quantitative estimate of drug-likeness (QED) is 0.759. The molecule has 0 radical (unpaired) electrons. The fourth-order valence-corrected chi connectivity index (χ4v) is 3.43. The summed E-state index contributed by atoms with van der Waals surface area (Å²) in [6, 6.07) is 14.9. The Morgan fingerprint density at radius 3 is 2.31 bits per heavy atom. The van der Waals surface area contributed by atoms with E-state index in [0.29, 0.717) is 50.3 Å². The number of hydrogen-bond acceptors (Lipinski definition) is 4. The lowest BCUT2D eigenvalue weighted by molar-refractivity contribution is -0.131. The number of nitrogens with zero attached hydrogens (tertiary/aromatic N) is 2. The molecular weight excluding hydrogens is 390 g/mol. The Labute approximate surface area is 178 Å². The third kappa shape index (κ3) is 5.87. The second-order valence-corrected chi connectivity index (χ2v) is 6.96. The van der Waals surface area contributed by atoms with Crippen LogP contribution in [0.1, 0.15) is 28.8 Å². The van der Waals surface area contributed by atoms with Gasteiger partial charge in [-0.05, 0) is 42.7 Å². The molecule has 7 heteroatoms. The summed E-state index contributed by atoms with van der Waals surface area (Å²) in [5.41, 5.74) is 8.07. The summed E-state index contributed by atoms with van der Waals surface area (Å²) in [6.07, 6.45) is 1.93. The molecule has 1 aliphatic rings. The maximum absolute atomic E-state index is 12.7. The molecule has 2 amide bonds.